The van der Waals surface area contributed by atoms with Gasteiger partial charge in [-0.05, 0) is 43.0 Å². The highest BCUT2D eigenvalue weighted by atomic mass is 19.1. The fourth-order valence-electron chi connectivity index (χ4n) is 4.58. The lowest BCUT2D eigenvalue weighted by Gasteiger charge is -2.30. The average Bonchev–Trinajstić information content (AvgIpc) is 3.50. The number of benzene rings is 2. The predicted molar refractivity (Wildman–Crippen MR) is 133 cm³/mol. The van der Waals surface area contributed by atoms with Crippen molar-refractivity contribution in [3.63, 3.8) is 0 Å². The maximum atomic E-state index is 14.6. The molecule has 1 aliphatic rings. The predicted octanol–water partition coefficient (Wildman–Crippen LogP) is 3.66. The quantitative estimate of drug-likeness (QED) is 0.465. The topological polar surface area (TPSA) is 85.7 Å². The summed E-state index contributed by atoms with van der Waals surface area (Å²) in [7, 11) is 4.84. The van der Waals surface area contributed by atoms with Crippen LogP contribution in [0.4, 0.5) is 4.39 Å². The molecule has 190 valence electrons. The van der Waals surface area contributed by atoms with Crippen molar-refractivity contribution in [2.75, 3.05) is 21.3 Å². The lowest BCUT2D eigenvalue weighted by Crippen LogP contribution is -2.44. The van der Waals surface area contributed by atoms with E-state index in [0.29, 0.717) is 43.5 Å². The third-order valence-electron chi connectivity index (χ3n) is 6.64. The normalized spacial score (nSPS) is 17.1. The van der Waals surface area contributed by atoms with Crippen molar-refractivity contribution < 1.29 is 23.5 Å². The molecule has 2 amide bonds. The van der Waals surface area contributed by atoms with Gasteiger partial charge in [-0.25, -0.2) is 9.07 Å². The Morgan fingerprint density at radius 3 is 2.67 bits per heavy atom. The van der Waals surface area contributed by atoms with Crippen molar-refractivity contribution in [3.8, 4) is 17.2 Å². The Bertz CT molecular complexity index is 1240. The molecule has 36 heavy (non-hydrogen) atoms. The van der Waals surface area contributed by atoms with Gasteiger partial charge < -0.3 is 19.7 Å². The first kappa shape index (κ1) is 25.2. The number of amides is 2. The molecule has 1 fully saturated rings. The van der Waals surface area contributed by atoms with E-state index in [1.165, 1.54) is 13.2 Å². The summed E-state index contributed by atoms with van der Waals surface area (Å²) in [6.45, 7) is 0.398. The van der Waals surface area contributed by atoms with Gasteiger partial charge in [-0.15, -0.1) is 0 Å². The molecule has 0 bridgehead atoms. The molecule has 0 radical (unpaired) electrons. The molecule has 0 aliphatic carbocycles. The SMILES string of the molecule is COc1cccc(-n2cc(CN(C)C(=O)CCC3(Cc4ccc(OC)cc4F)CCC(=O)N3)cn2)c1. The van der Waals surface area contributed by atoms with Crippen LogP contribution in [-0.2, 0) is 22.6 Å². The number of halogens is 1. The Kier molecular flexibility index (Phi) is 7.57. The number of carbonyl (C=O) groups excluding carboxylic acids is 2. The fraction of sp³-hybridized carbons (Fsp3) is 0.370. The van der Waals surface area contributed by atoms with Gasteiger partial charge in [0.1, 0.15) is 17.3 Å². The second kappa shape index (κ2) is 10.8. The highest BCUT2D eigenvalue weighted by Gasteiger charge is 2.38. The Balaban J connectivity index is 1.38. The molecule has 1 N–H and O–H groups in total. The van der Waals surface area contributed by atoms with Crippen LogP contribution in [0.25, 0.3) is 5.69 Å². The summed E-state index contributed by atoms with van der Waals surface area (Å²) in [4.78, 5) is 26.7. The van der Waals surface area contributed by atoms with Crippen LogP contribution in [0.5, 0.6) is 11.5 Å². The summed E-state index contributed by atoms with van der Waals surface area (Å²) in [5.41, 5.74) is 1.58. The number of rotatable bonds is 10. The summed E-state index contributed by atoms with van der Waals surface area (Å²) in [6.07, 6.45) is 5.51. The monoisotopic (exact) mass is 494 g/mol. The summed E-state index contributed by atoms with van der Waals surface area (Å²) >= 11 is 0. The standard InChI is InChI=1S/C27H31FN4O4/c1-31(17-19-16-29-32(18-19)21-5-4-6-22(13-21)35-2)26(34)10-12-27(11-9-25(33)30-27)15-20-7-8-23(36-3)14-24(20)28/h4-8,13-14,16,18H,9-12,15,17H2,1-3H3,(H,30,33). The van der Waals surface area contributed by atoms with E-state index in [0.717, 1.165) is 17.0 Å². The lowest BCUT2D eigenvalue weighted by atomic mass is 9.84. The molecule has 1 aliphatic heterocycles. The van der Waals surface area contributed by atoms with Crippen LogP contribution < -0.4 is 14.8 Å². The summed E-state index contributed by atoms with van der Waals surface area (Å²) in [6, 6.07) is 12.3. The molecule has 1 saturated heterocycles. The molecular formula is C27H31FN4O4. The first-order chi connectivity index (χ1) is 17.3. The van der Waals surface area contributed by atoms with Gasteiger partial charge in [0.25, 0.3) is 0 Å². The molecule has 0 saturated carbocycles. The van der Waals surface area contributed by atoms with Crippen LogP contribution in [0, 0.1) is 5.82 Å². The van der Waals surface area contributed by atoms with Crippen LogP contribution >= 0.6 is 0 Å². The Morgan fingerprint density at radius 2 is 1.97 bits per heavy atom. The third-order valence-corrected chi connectivity index (χ3v) is 6.64. The van der Waals surface area contributed by atoms with E-state index in [9.17, 15) is 14.0 Å². The molecule has 3 aromatic rings. The zero-order valence-corrected chi connectivity index (χ0v) is 20.8. The molecule has 1 aromatic heterocycles. The molecule has 1 unspecified atom stereocenters. The number of aromatic nitrogens is 2. The van der Waals surface area contributed by atoms with Crippen molar-refractivity contribution in [1.29, 1.82) is 0 Å². The Hall–Kier alpha value is -3.88. The van der Waals surface area contributed by atoms with Gasteiger partial charge in [-0.1, -0.05) is 12.1 Å². The number of ether oxygens (including phenoxy) is 2. The molecule has 8 nitrogen and oxygen atoms in total. The van der Waals surface area contributed by atoms with Gasteiger partial charge in [0.2, 0.25) is 11.8 Å². The molecular weight excluding hydrogens is 463 g/mol. The van der Waals surface area contributed by atoms with Crippen LogP contribution in [0.15, 0.2) is 54.9 Å². The van der Waals surface area contributed by atoms with Crippen LogP contribution in [0.1, 0.15) is 36.8 Å². The van der Waals surface area contributed by atoms with Gasteiger partial charge in [0.15, 0.2) is 0 Å². The largest absolute Gasteiger partial charge is 0.497 e. The molecule has 2 aromatic carbocycles. The molecule has 2 heterocycles. The lowest BCUT2D eigenvalue weighted by molar-refractivity contribution is -0.131. The fourth-order valence-corrected chi connectivity index (χ4v) is 4.58. The van der Waals surface area contributed by atoms with Gasteiger partial charge in [-0.3, -0.25) is 9.59 Å². The van der Waals surface area contributed by atoms with E-state index >= 15 is 0 Å². The molecule has 1 atom stereocenters. The zero-order chi connectivity index (χ0) is 25.7. The van der Waals surface area contributed by atoms with Crippen LogP contribution in [0.3, 0.4) is 0 Å². The van der Waals surface area contributed by atoms with Crippen molar-refractivity contribution >= 4 is 11.8 Å². The van der Waals surface area contributed by atoms with E-state index in [2.05, 4.69) is 10.4 Å². The van der Waals surface area contributed by atoms with Crippen molar-refractivity contribution in [2.24, 2.45) is 0 Å². The number of nitrogens with zero attached hydrogens (tertiary/aromatic N) is 3. The van der Waals surface area contributed by atoms with Crippen molar-refractivity contribution in [3.05, 3.63) is 71.8 Å². The number of hydrogen-bond donors (Lipinski definition) is 1. The summed E-state index contributed by atoms with van der Waals surface area (Å²) in [5, 5.41) is 7.42. The number of hydrogen-bond acceptors (Lipinski definition) is 5. The Morgan fingerprint density at radius 1 is 1.19 bits per heavy atom. The number of nitrogens with one attached hydrogen (secondary N) is 1. The minimum Gasteiger partial charge on any atom is -0.497 e. The van der Waals surface area contributed by atoms with E-state index in [-0.39, 0.29) is 24.1 Å². The van der Waals surface area contributed by atoms with Gasteiger partial charge in [0.05, 0.1) is 26.1 Å². The number of carbonyl (C=O) groups is 2. The maximum absolute atomic E-state index is 14.6. The minimum atomic E-state index is -0.653. The Labute approximate surface area is 210 Å². The molecule has 0 spiro atoms. The minimum absolute atomic E-state index is 0.0557. The first-order valence-electron chi connectivity index (χ1n) is 11.9. The molecule has 4 rings (SSSR count). The van der Waals surface area contributed by atoms with Crippen molar-refractivity contribution in [2.45, 2.75) is 44.2 Å². The van der Waals surface area contributed by atoms with E-state index in [4.69, 9.17) is 9.47 Å². The summed E-state index contributed by atoms with van der Waals surface area (Å²) in [5.74, 6) is 0.660. The van der Waals surface area contributed by atoms with E-state index in [1.54, 1.807) is 42.1 Å². The second-order valence-corrected chi connectivity index (χ2v) is 9.21. The average molecular weight is 495 g/mol. The van der Waals surface area contributed by atoms with Crippen LogP contribution in [-0.4, -0.2) is 53.3 Å². The maximum Gasteiger partial charge on any atom is 0.222 e. The van der Waals surface area contributed by atoms with E-state index < -0.39 is 5.54 Å². The first-order valence-corrected chi connectivity index (χ1v) is 11.9. The van der Waals surface area contributed by atoms with Gasteiger partial charge >= 0.3 is 0 Å². The zero-order valence-electron chi connectivity index (χ0n) is 20.8. The highest BCUT2D eigenvalue weighted by Crippen LogP contribution is 2.31. The summed E-state index contributed by atoms with van der Waals surface area (Å²) < 4.78 is 26.7. The third kappa shape index (κ3) is 5.84. The van der Waals surface area contributed by atoms with Gasteiger partial charge in [-0.2, -0.15) is 5.10 Å². The van der Waals surface area contributed by atoms with Crippen LogP contribution in [0.2, 0.25) is 0 Å². The van der Waals surface area contributed by atoms with Gasteiger partial charge in [0, 0.05) is 55.9 Å². The highest BCUT2D eigenvalue weighted by molar-refractivity contribution is 5.80. The smallest absolute Gasteiger partial charge is 0.222 e. The second-order valence-electron chi connectivity index (χ2n) is 9.21. The van der Waals surface area contributed by atoms with E-state index in [1.807, 2.05) is 30.5 Å². The van der Waals surface area contributed by atoms with Crippen molar-refractivity contribution in [1.82, 2.24) is 20.0 Å². The molecule has 9 heteroatoms. The number of methoxy groups -OCH3 is 2.